The molecule has 66 valence electrons. The molecule has 1 aromatic rings. The number of fused-ring (bicyclic) bond motifs is 1. The van der Waals surface area contributed by atoms with Gasteiger partial charge in [0, 0.05) is 24.7 Å². The summed E-state index contributed by atoms with van der Waals surface area (Å²) in [5.74, 6) is 0.457. The first-order valence-electron chi connectivity index (χ1n) is 4.24. The predicted molar refractivity (Wildman–Crippen MR) is 48.3 cm³/mol. The lowest BCUT2D eigenvalue weighted by Crippen LogP contribution is -2.21. The second kappa shape index (κ2) is 3.07. The molecule has 0 aliphatic carbocycles. The quantitative estimate of drug-likeness (QED) is 0.719. The molecule has 1 atom stereocenters. The molecule has 2 N–H and O–H groups in total. The van der Waals surface area contributed by atoms with Gasteiger partial charge in [0.15, 0.2) is 0 Å². The van der Waals surface area contributed by atoms with Crippen molar-refractivity contribution in [2.24, 2.45) is 5.73 Å². The molecule has 2 heterocycles. The number of nitrogens with two attached hydrogens (primary N) is 1. The molecule has 0 spiro atoms. The highest BCUT2D eigenvalue weighted by Gasteiger charge is 2.21. The van der Waals surface area contributed by atoms with E-state index in [0.717, 1.165) is 13.0 Å². The Bertz CT molecular complexity index is 282. The smallest absolute Gasteiger partial charge is 0.202 e. The van der Waals surface area contributed by atoms with E-state index >= 15 is 0 Å². The summed E-state index contributed by atoms with van der Waals surface area (Å²) in [6, 6.07) is 0. The highest BCUT2D eigenvalue weighted by Crippen LogP contribution is 2.28. The summed E-state index contributed by atoms with van der Waals surface area (Å²) in [6.07, 6.45) is 4.17. The van der Waals surface area contributed by atoms with Crippen LogP contribution in [0.2, 0.25) is 5.28 Å². The molecule has 3 nitrogen and oxygen atoms in total. The summed E-state index contributed by atoms with van der Waals surface area (Å²) in [4.78, 5) is 4.07. The van der Waals surface area contributed by atoms with Gasteiger partial charge in [-0.05, 0) is 24.4 Å². The van der Waals surface area contributed by atoms with Gasteiger partial charge in [-0.2, -0.15) is 0 Å². The van der Waals surface area contributed by atoms with E-state index in [2.05, 4.69) is 9.55 Å². The molecule has 0 bridgehead atoms. The van der Waals surface area contributed by atoms with E-state index in [9.17, 15) is 0 Å². The van der Waals surface area contributed by atoms with Crippen LogP contribution in [0.5, 0.6) is 0 Å². The van der Waals surface area contributed by atoms with Gasteiger partial charge in [0.1, 0.15) is 0 Å². The largest absolute Gasteiger partial charge is 0.330 e. The van der Waals surface area contributed by atoms with Crippen molar-refractivity contribution in [1.82, 2.24) is 9.55 Å². The van der Waals surface area contributed by atoms with Crippen LogP contribution in [-0.2, 0) is 6.54 Å². The molecule has 2 rings (SSSR count). The zero-order valence-corrected chi connectivity index (χ0v) is 7.59. The molecule has 0 fully saturated rings. The van der Waals surface area contributed by atoms with Crippen LogP contribution in [-0.4, -0.2) is 16.1 Å². The SMILES string of the molecule is NCC1CCCn2c1cnc2Cl. The van der Waals surface area contributed by atoms with Crippen LogP contribution in [0.25, 0.3) is 0 Å². The van der Waals surface area contributed by atoms with E-state index < -0.39 is 0 Å². The van der Waals surface area contributed by atoms with Crippen LogP contribution in [0.3, 0.4) is 0 Å². The van der Waals surface area contributed by atoms with Crippen LogP contribution in [0.1, 0.15) is 24.5 Å². The third-order valence-corrected chi connectivity index (χ3v) is 2.78. The number of hydrogen-bond donors (Lipinski definition) is 1. The Morgan fingerprint density at radius 1 is 1.75 bits per heavy atom. The number of hydrogen-bond acceptors (Lipinski definition) is 2. The topological polar surface area (TPSA) is 43.8 Å². The van der Waals surface area contributed by atoms with Gasteiger partial charge in [-0.15, -0.1) is 0 Å². The van der Waals surface area contributed by atoms with Crippen LogP contribution < -0.4 is 5.73 Å². The van der Waals surface area contributed by atoms with Gasteiger partial charge < -0.3 is 10.3 Å². The van der Waals surface area contributed by atoms with Crippen molar-refractivity contribution in [2.75, 3.05) is 6.54 Å². The summed E-state index contributed by atoms with van der Waals surface area (Å²) in [7, 11) is 0. The Balaban J connectivity index is 2.38. The van der Waals surface area contributed by atoms with Gasteiger partial charge in [0.25, 0.3) is 0 Å². The van der Waals surface area contributed by atoms with Crippen molar-refractivity contribution >= 4 is 11.6 Å². The van der Waals surface area contributed by atoms with Gasteiger partial charge in [-0.1, -0.05) is 0 Å². The maximum atomic E-state index is 5.89. The summed E-state index contributed by atoms with van der Waals surface area (Å²) in [5.41, 5.74) is 6.85. The number of aromatic nitrogens is 2. The highest BCUT2D eigenvalue weighted by molar-refractivity contribution is 6.28. The minimum Gasteiger partial charge on any atom is -0.330 e. The standard InChI is InChI=1S/C8H12ClN3/c9-8-11-5-7-6(4-10)2-1-3-12(7)8/h5-6H,1-4,10H2. The lowest BCUT2D eigenvalue weighted by molar-refractivity contribution is 0.459. The van der Waals surface area contributed by atoms with E-state index in [0.29, 0.717) is 17.7 Å². The first-order valence-corrected chi connectivity index (χ1v) is 4.61. The zero-order chi connectivity index (χ0) is 8.55. The summed E-state index contributed by atoms with van der Waals surface area (Å²) in [6.45, 7) is 1.69. The maximum absolute atomic E-state index is 5.89. The fourth-order valence-corrected chi connectivity index (χ4v) is 2.03. The molecule has 4 heteroatoms. The number of halogens is 1. The number of nitrogens with zero attached hydrogens (tertiary/aromatic N) is 2. The van der Waals surface area contributed by atoms with Crippen LogP contribution in [0.4, 0.5) is 0 Å². The first kappa shape index (κ1) is 8.08. The molecular formula is C8H12ClN3. The Morgan fingerprint density at radius 2 is 2.58 bits per heavy atom. The summed E-state index contributed by atoms with van der Waals surface area (Å²) < 4.78 is 2.06. The van der Waals surface area contributed by atoms with Crippen LogP contribution in [0.15, 0.2) is 6.20 Å². The fourth-order valence-electron chi connectivity index (χ4n) is 1.79. The van der Waals surface area contributed by atoms with Crippen molar-refractivity contribution in [3.63, 3.8) is 0 Å². The lowest BCUT2D eigenvalue weighted by atomic mass is 9.97. The number of imidazole rings is 1. The van der Waals surface area contributed by atoms with E-state index in [1.54, 1.807) is 0 Å². The average molecular weight is 186 g/mol. The number of rotatable bonds is 1. The fraction of sp³-hybridized carbons (Fsp3) is 0.625. The van der Waals surface area contributed by atoms with Crippen LogP contribution >= 0.6 is 11.6 Å². The molecule has 12 heavy (non-hydrogen) atoms. The molecule has 1 aliphatic heterocycles. The van der Waals surface area contributed by atoms with Gasteiger partial charge in [0.2, 0.25) is 5.28 Å². The molecule has 0 aromatic carbocycles. The molecule has 0 saturated carbocycles. The highest BCUT2D eigenvalue weighted by atomic mass is 35.5. The second-order valence-electron chi connectivity index (χ2n) is 3.18. The monoisotopic (exact) mass is 185 g/mol. The molecule has 1 aliphatic rings. The van der Waals surface area contributed by atoms with Crippen molar-refractivity contribution in [3.05, 3.63) is 17.2 Å². The van der Waals surface area contributed by atoms with Crippen molar-refractivity contribution < 1.29 is 0 Å². The zero-order valence-electron chi connectivity index (χ0n) is 6.83. The molecule has 0 radical (unpaired) electrons. The Hall–Kier alpha value is -0.540. The minimum atomic E-state index is 0.457. The third kappa shape index (κ3) is 1.13. The lowest BCUT2D eigenvalue weighted by Gasteiger charge is -2.22. The first-order chi connectivity index (χ1) is 5.83. The Labute approximate surface area is 76.5 Å². The van der Waals surface area contributed by atoms with Gasteiger partial charge in [0.05, 0.1) is 6.20 Å². The summed E-state index contributed by atoms with van der Waals surface area (Å²) >= 11 is 5.89. The molecule has 0 saturated heterocycles. The molecule has 0 amide bonds. The van der Waals surface area contributed by atoms with E-state index in [1.165, 1.54) is 12.1 Å². The molecule has 1 unspecified atom stereocenters. The normalized spacial score (nSPS) is 22.3. The molecular weight excluding hydrogens is 174 g/mol. The van der Waals surface area contributed by atoms with E-state index in [1.807, 2.05) is 6.20 Å². The van der Waals surface area contributed by atoms with Crippen molar-refractivity contribution in [3.8, 4) is 0 Å². The predicted octanol–water partition coefficient (Wildman–Crippen LogP) is 1.37. The summed E-state index contributed by atoms with van der Waals surface area (Å²) in [5, 5.41) is 0.600. The van der Waals surface area contributed by atoms with E-state index in [4.69, 9.17) is 17.3 Å². The average Bonchev–Trinajstić information content (AvgIpc) is 2.48. The Kier molecular flexibility index (Phi) is 2.07. The third-order valence-electron chi connectivity index (χ3n) is 2.47. The van der Waals surface area contributed by atoms with Crippen molar-refractivity contribution in [2.45, 2.75) is 25.3 Å². The Morgan fingerprint density at radius 3 is 3.33 bits per heavy atom. The van der Waals surface area contributed by atoms with E-state index in [-0.39, 0.29) is 0 Å². The van der Waals surface area contributed by atoms with Gasteiger partial charge in [-0.3, -0.25) is 0 Å². The second-order valence-corrected chi connectivity index (χ2v) is 3.52. The maximum Gasteiger partial charge on any atom is 0.202 e. The van der Waals surface area contributed by atoms with Gasteiger partial charge >= 0.3 is 0 Å². The van der Waals surface area contributed by atoms with Crippen LogP contribution in [0, 0.1) is 0 Å². The minimum absolute atomic E-state index is 0.457. The van der Waals surface area contributed by atoms with Gasteiger partial charge in [-0.25, -0.2) is 4.98 Å². The molecule has 1 aromatic heterocycles. The van der Waals surface area contributed by atoms with Crippen molar-refractivity contribution in [1.29, 1.82) is 0 Å².